The number of hydrogen-bond acceptors (Lipinski definition) is 4. The average Bonchev–Trinajstić information content (AvgIpc) is 2.25. The molecule has 0 aliphatic carbocycles. The largest absolute Gasteiger partial charge is 0.593 e. The van der Waals surface area contributed by atoms with Crippen LogP contribution >= 0.6 is 0 Å². The summed E-state index contributed by atoms with van der Waals surface area (Å²) in [5, 5.41) is 0. The van der Waals surface area contributed by atoms with Gasteiger partial charge in [0, 0.05) is 11.1 Å². The molecule has 1 rings (SSSR count). The Labute approximate surface area is 111 Å². The Morgan fingerprint density at radius 3 is 2.39 bits per heavy atom. The molecule has 0 heterocycles. The maximum absolute atomic E-state index is 12.1. The Balaban J connectivity index is 2.73. The van der Waals surface area contributed by atoms with Crippen molar-refractivity contribution in [3.8, 4) is 0 Å². The van der Waals surface area contributed by atoms with Gasteiger partial charge in [0.1, 0.15) is 6.54 Å². The molecule has 18 heavy (non-hydrogen) atoms. The highest BCUT2D eigenvalue weighted by Gasteiger charge is 2.19. The molecule has 4 nitrogen and oxygen atoms in total. The van der Waals surface area contributed by atoms with E-state index in [0.717, 1.165) is 21.6 Å². The van der Waals surface area contributed by atoms with E-state index in [1.165, 1.54) is 0 Å². The standard InChI is InChI=1S/C13H19NO3S/c1-5-17-12(15)8-14-18(16)13-10(3)6-9(2)7-11(13)4/h6-7,14H,5,8H2,1-4H3. The smallest absolute Gasteiger partial charge is 0.324 e. The number of carbonyl (C=O) groups excluding carboxylic acids is 1. The lowest BCUT2D eigenvalue weighted by Gasteiger charge is -2.15. The molecular formula is C13H19NO3S. The molecule has 0 saturated carbocycles. The normalized spacial score (nSPS) is 12.3. The predicted octanol–water partition coefficient (Wildman–Crippen LogP) is 1.79. The number of carbonyl (C=O) groups is 1. The zero-order chi connectivity index (χ0) is 13.7. The van der Waals surface area contributed by atoms with E-state index in [1.54, 1.807) is 6.92 Å². The molecule has 0 aromatic heterocycles. The monoisotopic (exact) mass is 269 g/mol. The average molecular weight is 269 g/mol. The molecule has 0 spiro atoms. The van der Waals surface area contributed by atoms with Crippen molar-refractivity contribution >= 4 is 17.3 Å². The lowest BCUT2D eigenvalue weighted by Crippen LogP contribution is -2.31. The van der Waals surface area contributed by atoms with Crippen molar-refractivity contribution in [3.63, 3.8) is 0 Å². The van der Waals surface area contributed by atoms with Gasteiger partial charge in [-0.3, -0.25) is 4.79 Å². The van der Waals surface area contributed by atoms with Crippen LogP contribution in [0.4, 0.5) is 0 Å². The number of nitrogens with one attached hydrogen (secondary N) is 1. The van der Waals surface area contributed by atoms with Gasteiger partial charge in [-0.2, -0.15) is 0 Å². The maximum Gasteiger partial charge on any atom is 0.324 e. The van der Waals surface area contributed by atoms with Crippen molar-refractivity contribution in [1.29, 1.82) is 0 Å². The fourth-order valence-corrected chi connectivity index (χ4v) is 2.96. The molecule has 1 atom stereocenters. The summed E-state index contributed by atoms with van der Waals surface area (Å²) in [6.45, 7) is 7.85. The van der Waals surface area contributed by atoms with Gasteiger partial charge >= 0.3 is 5.97 Å². The molecular weight excluding hydrogens is 250 g/mol. The van der Waals surface area contributed by atoms with E-state index in [-0.39, 0.29) is 6.54 Å². The molecule has 0 saturated heterocycles. The van der Waals surface area contributed by atoms with Gasteiger partial charge in [-0.05, 0) is 27.7 Å². The van der Waals surface area contributed by atoms with Crippen molar-refractivity contribution in [3.05, 3.63) is 28.8 Å². The van der Waals surface area contributed by atoms with Gasteiger partial charge in [-0.25, -0.2) is 0 Å². The van der Waals surface area contributed by atoms with E-state index in [0.29, 0.717) is 6.61 Å². The molecule has 0 bridgehead atoms. The molecule has 0 aliphatic heterocycles. The van der Waals surface area contributed by atoms with Crippen molar-refractivity contribution in [2.24, 2.45) is 0 Å². The van der Waals surface area contributed by atoms with E-state index in [1.807, 2.05) is 32.9 Å². The summed E-state index contributed by atoms with van der Waals surface area (Å²) >= 11 is -1.39. The Morgan fingerprint density at radius 1 is 1.33 bits per heavy atom. The van der Waals surface area contributed by atoms with Crippen molar-refractivity contribution in [2.45, 2.75) is 32.6 Å². The molecule has 1 aromatic rings. The third-order valence-corrected chi connectivity index (χ3v) is 3.86. The minimum absolute atomic E-state index is 0.0484. The lowest BCUT2D eigenvalue weighted by atomic mass is 10.1. The van der Waals surface area contributed by atoms with Crippen LogP contribution in [0.15, 0.2) is 17.0 Å². The van der Waals surface area contributed by atoms with Gasteiger partial charge in [0.05, 0.1) is 18.0 Å². The Morgan fingerprint density at radius 2 is 1.89 bits per heavy atom. The topological polar surface area (TPSA) is 61.4 Å². The number of benzene rings is 1. The summed E-state index contributed by atoms with van der Waals surface area (Å²) in [5.41, 5.74) is 3.06. The fraction of sp³-hybridized carbons (Fsp3) is 0.462. The van der Waals surface area contributed by atoms with Crippen molar-refractivity contribution in [2.75, 3.05) is 13.2 Å². The summed E-state index contributed by atoms with van der Waals surface area (Å²) in [6, 6.07) is 3.96. The SMILES string of the molecule is CCOC(=O)CN[S+]([O-])c1c(C)cc(C)cc1C. The number of aryl methyl sites for hydroxylation is 3. The van der Waals surface area contributed by atoms with Crippen LogP contribution in [0, 0.1) is 20.8 Å². The van der Waals surface area contributed by atoms with E-state index < -0.39 is 17.3 Å². The summed E-state index contributed by atoms with van der Waals surface area (Å²) in [7, 11) is 0. The van der Waals surface area contributed by atoms with Crippen LogP contribution in [0.2, 0.25) is 0 Å². The zero-order valence-electron chi connectivity index (χ0n) is 11.2. The highest BCUT2D eigenvalue weighted by Crippen LogP contribution is 2.21. The van der Waals surface area contributed by atoms with Gasteiger partial charge in [0.15, 0.2) is 4.90 Å². The predicted molar refractivity (Wildman–Crippen MR) is 71.7 cm³/mol. The Kier molecular flexibility index (Phi) is 5.65. The van der Waals surface area contributed by atoms with E-state index in [9.17, 15) is 9.35 Å². The zero-order valence-corrected chi connectivity index (χ0v) is 12.0. The van der Waals surface area contributed by atoms with Gasteiger partial charge < -0.3 is 9.29 Å². The third-order valence-electron chi connectivity index (χ3n) is 2.44. The molecule has 0 aliphatic rings. The summed E-state index contributed by atoms with van der Waals surface area (Å²) in [5.74, 6) is -0.395. The van der Waals surface area contributed by atoms with Crippen molar-refractivity contribution in [1.82, 2.24) is 4.72 Å². The summed E-state index contributed by atoms with van der Waals surface area (Å²) < 4.78 is 19.6. The van der Waals surface area contributed by atoms with Gasteiger partial charge in [-0.1, -0.05) is 17.7 Å². The third kappa shape index (κ3) is 4.01. The van der Waals surface area contributed by atoms with Crippen LogP contribution in [0.25, 0.3) is 0 Å². The van der Waals surface area contributed by atoms with Crippen LogP contribution in [0.1, 0.15) is 23.6 Å². The highest BCUT2D eigenvalue weighted by molar-refractivity contribution is 7.89. The first-order chi connectivity index (χ1) is 8.45. The molecule has 100 valence electrons. The van der Waals surface area contributed by atoms with Crippen LogP contribution < -0.4 is 4.72 Å². The molecule has 5 heteroatoms. The molecule has 0 fully saturated rings. The van der Waals surface area contributed by atoms with E-state index in [4.69, 9.17) is 4.74 Å². The fourth-order valence-electron chi connectivity index (χ4n) is 1.87. The van der Waals surface area contributed by atoms with Crippen LogP contribution in [-0.2, 0) is 20.9 Å². The van der Waals surface area contributed by atoms with E-state index in [2.05, 4.69) is 4.72 Å². The number of hydrogen-bond donors (Lipinski definition) is 1. The van der Waals surface area contributed by atoms with Crippen molar-refractivity contribution < 1.29 is 14.1 Å². The second-order valence-electron chi connectivity index (χ2n) is 4.12. The quantitative estimate of drug-likeness (QED) is 0.654. The van der Waals surface area contributed by atoms with E-state index >= 15 is 0 Å². The molecule has 0 amide bonds. The first kappa shape index (κ1) is 15.0. The van der Waals surface area contributed by atoms with Crippen LogP contribution in [0.5, 0.6) is 0 Å². The van der Waals surface area contributed by atoms with Gasteiger partial charge in [-0.15, -0.1) is 4.72 Å². The maximum atomic E-state index is 12.1. The van der Waals surface area contributed by atoms with Gasteiger partial charge in [0.2, 0.25) is 0 Å². The molecule has 0 radical (unpaired) electrons. The number of esters is 1. The molecule has 1 unspecified atom stereocenters. The first-order valence-electron chi connectivity index (χ1n) is 5.84. The molecule has 1 aromatic carbocycles. The number of rotatable bonds is 5. The minimum atomic E-state index is -1.39. The second-order valence-corrected chi connectivity index (χ2v) is 5.36. The molecule has 1 N–H and O–H groups in total. The second kappa shape index (κ2) is 6.78. The number of ether oxygens (including phenoxy) is 1. The Hall–Kier alpha value is -1.04. The first-order valence-corrected chi connectivity index (χ1v) is 6.99. The van der Waals surface area contributed by atoms with Crippen LogP contribution in [0.3, 0.4) is 0 Å². The highest BCUT2D eigenvalue weighted by atomic mass is 32.2. The van der Waals surface area contributed by atoms with Gasteiger partial charge in [0.25, 0.3) is 0 Å². The Bertz CT molecular complexity index is 411. The summed E-state index contributed by atoms with van der Waals surface area (Å²) in [6.07, 6.45) is 0. The minimum Gasteiger partial charge on any atom is -0.593 e. The lowest BCUT2D eigenvalue weighted by molar-refractivity contribution is -0.141. The van der Waals surface area contributed by atoms with Crippen LogP contribution in [-0.4, -0.2) is 23.7 Å². The summed E-state index contributed by atoms with van der Waals surface area (Å²) in [4.78, 5) is 11.9.